The smallest absolute Gasteiger partial charge is 0.256 e. The Bertz CT molecular complexity index is 1780. The van der Waals surface area contributed by atoms with Crippen molar-refractivity contribution in [1.82, 2.24) is 30.0 Å². The molecule has 4 aromatic rings. The normalized spacial score (nSPS) is 18.0. The average molecular weight is 648 g/mol. The highest BCUT2D eigenvalue weighted by atomic mass is 16.3. The summed E-state index contributed by atoms with van der Waals surface area (Å²) in [6.07, 6.45) is 3.35. The van der Waals surface area contributed by atoms with E-state index >= 15 is 0 Å². The Balaban J connectivity index is 1.31. The maximum absolute atomic E-state index is 14.3. The maximum atomic E-state index is 14.3. The zero-order valence-corrected chi connectivity index (χ0v) is 26.4. The minimum Gasteiger partial charge on any atom is -0.508 e. The first kappa shape index (κ1) is 32.2. The molecule has 0 spiro atoms. The van der Waals surface area contributed by atoms with Crippen LogP contribution in [0.5, 0.6) is 5.75 Å². The van der Waals surface area contributed by atoms with Gasteiger partial charge in [0.15, 0.2) is 0 Å². The van der Waals surface area contributed by atoms with Crippen LogP contribution in [-0.2, 0) is 33.8 Å². The van der Waals surface area contributed by atoms with E-state index in [4.69, 9.17) is 0 Å². The van der Waals surface area contributed by atoms with Gasteiger partial charge < -0.3 is 20.2 Å². The number of hydrogen-bond donors (Lipinski definition) is 3. The van der Waals surface area contributed by atoms with E-state index in [1.54, 1.807) is 74.4 Å². The topological polar surface area (TPSA) is 142 Å². The van der Waals surface area contributed by atoms with Crippen LogP contribution < -0.4 is 5.32 Å². The lowest BCUT2D eigenvalue weighted by Gasteiger charge is -2.55. The Kier molecular flexibility index (Phi) is 9.62. The number of phenolic OH excluding ortho intramolecular Hbond substituents is 1. The quantitative estimate of drug-likeness (QED) is 0.212. The molecule has 246 valence electrons. The van der Waals surface area contributed by atoms with Crippen molar-refractivity contribution < 1.29 is 24.3 Å². The standard InChI is InChI=1S/C36H37N7O5/c1-2-19-41-24-34(46)42-30(21-26-11-14-29(44)15-12-26)36(48)40(23-32(42)43(41)33(45)16-13-25-7-4-3-5-8-25)22-27-9-6-10-28(20-27)35(47)38-31-17-18-37-39-31/h2-12,14-15,17-18,20,30,32,44H,1,13,16,19,21-24H2,(H2,37,38,39,47)/t30?,32-/m0/s1. The fourth-order valence-corrected chi connectivity index (χ4v) is 6.32. The summed E-state index contributed by atoms with van der Waals surface area (Å²) in [5, 5.41) is 22.5. The van der Waals surface area contributed by atoms with Crippen molar-refractivity contribution in [1.29, 1.82) is 0 Å². The summed E-state index contributed by atoms with van der Waals surface area (Å²) in [6.45, 7) is 4.28. The largest absolute Gasteiger partial charge is 0.508 e. The molecular weight excluding hydrogens is 610 g/mol. The van der Waals surface area contributed by atoms with E-state index in [2.05, 4.69) is 22.1 Å². The van der Waals surface area contributed by atoms with Gasteiger partial charge >= 0.3 is 0 Å². The van der Waals surface area contributed by atoms with Crippen LogP contribution in [0.3, 0.4) is 0 Å². The molecule has 2 aliphatic heterocycles. The molecule has 0 radical (unpaired) electrons. The van der Waals surface area contributed by atoms with Crippen molar-refractivity contribution in [3.63, 3.8) is 0 Å². The highest BCUT2D eigenvalue weighted by Gasteiger charge is 2.51. The first-order valence-electron chi connectivity index (χ1n) is 15.8. The monoisotopic (exact) mass is 647 g/mol. The fraction of sp³-hybridized carbons (Fsp3) is 0.250. The van der Waals surface area contributed by atoms with Crippen LogP contribution in [0.1, 0.15) is 33.5 Å². The Hall–Kier alpha value is -5.75. The summed E-state index contributed by atoms with van der Waals surface area (Å²) in [5.74, 6) is -0.489. The molecule has 2 saturated heterocycles. The summed E-state index contributed by atoms with van der Waals surface area (Å²) < 4.78 is 0. The summed E-state index contributed by atoms with van der Waals surface area (Å²) in [6, 6.07) is 24.0. The number of anilines is 1. The van der Waals surface area contributed by atoms with Gasteiger partial charge in [0, 0.05) is 37.6 Å². The van der Waals surface area contributed by atoms with Gasteiger partial charge in [0.05, 0.1) is 19.3 Å². The predicted molar refractivity (Wildman–Crippen MR) is 178 cm³/mol. The molecule has 12 heteroatoms. The number of aromatic nitrogens is 2. The van der Waals surface area contributed by atoms with Gasteiger partial charge in [-0.25, -0.2) is 10.0 Å². The number of carbonyl (C=O) groups excluding carboxylic acids is 4. The number of piperazine rings is 1. The lowest BCUT2D eigenvalue weighted by molar-refractivity contribution is -0.205. The molecule has 2 aliphatic rings. The molecule has 12 nitrogen and oxygen atoms in total. The number of hydrogen-bond acceptors (Lipinski definition) is 7. The van der Waals surface area contributed by atoms with E-state index in [-0.39, 0.29) is 68.4 Å². The Morgan fingerprint density at radius 1 is 0.979 bits per heavy atom. The van der Waals surface area contributed by atoms with E-state index in [0.717, 1.165) is 11.1 Å². The lowest BCUT2D eigenvalue weighted by Crippen LogP contribution is -2.75. The second-order valence-electron chi connectivity index (χ2n) is 11.9. The number of phenols is 1. The van der Waals surface area contributed by atoms with E-state index in [1.165, 1.54) is 6.20 Å². The van der Waals surface area contributed by atoms with Crippen molar-refractivity contribution in [2.45, 2.75) is 38.0 Å². The fourth-order valence-electron chi connectivity index (χ4n) is 6.32. The highest BCUT2D eigenvalue weighted by molar-refractivity contribution is 6.03. The van der Waals surface area contributed by atoms with Crippen LogP contribution in [0, 0.1) is 0 Å². The molecule has 0 saturated carbocycles. The number of H-pyrrole nitrogens is 1. The van der Waals surface area contributed by atoms with Crippen molar-refractivity contribution in [3.05, 3.63) is 126 Å². The number of amides is 4. The summed E-state index contributed by atoms with van der Waals surface area (Å²) in [7, 11) is 0. The number of fused-ring (bicyclic) bond motifs is 1. The van der Waals surface area contributed by atoms with E-state index in [0.29, 0.717) is 23.4 Å². The Morgan fingerprint density at radius 2 is 1.75 bits per heavy atom. The van der Waals surface area contributed by atoms with E-state index in [9.17, 15) is 24.3 Å². The van der Waals surface area contributed by atoms with Gasteiger partial charge in [0.1, 0.15) is 23.8 Å². The van der Waals surface area contributed by atoms with Gasteiger partial charge in [-0.15, -0.1) is 6.58 Å². The number of hydrazine groups is 1. The van der Waals surface area contributed by atoms with Gasteiger partial charge in [0.25, 0.3) is 5.91 Å². The predicted octanol–water partition coefficient (Wildman–Crippen LogP) is 3.35. The molecule has 3 heterocycles. The average Bonchev–Trinajstić information content (AvgIpc) is 3.60. The van der Waals surface area contributed by atoms with Crippen LogP contribution in [0.25, 0.3) is 0 Å². The van der Waals surface area contributed by atoms with Crippen LogP contribution >= 0.6 is 0 Å². The Labute approximate surface area is 278 Å². The molecule has 0 bridgehead atoms. The summed E-state index contributed by atoms with van der Waals surface area (Å²) in [4.78, 5) is 58.3. The lowest BCUT2D eigenvalue weighted by atomic mass is 9.97. The van der Waals surface area contributed by atoms with Crippen molar-refractivity contribution in [2.24, 2.45) is 0 Å². The third-order valence-electron chi connectivity index (χ3n) is 8.57. The van der Waals surface area contributed by atoms with Crippen LogP contribution in [0.2, 0.25) is 0 Å². The molecule has 0 aliphatic carbocycles. The van der Waals surface area contributed by atoms with Crippen LogP contribution in [0.15, 0.2) is 104 Å². The van der Waals surface area contributed by atoms with Crippen molar-refractivity contribution in [3.8, 4) is 5.75 Å². The first-order valence-corrected chi connectivity index (χ1v) is 15.8. The minimum absolute atomic E-state index is 0.0753. The molecular formula is C36H37N7O5. The SMILES string of the molecule is C=CCN1CC(=O)N2C(Cc3ccc(O)cc3)C(=O)N(Cc3cccc(C(=O)Nc4ccn[nH]4)c3)C[C@@H]2N1C(=O)CCc1ccccc1. The van der Waals surface area contributed by atoms with Crippen molar-refractivity contribution >= 4 is 29.4 Å². The van der Waals surface area contributed by atoms with Crippen LogP contribution in [0.4, 0.5) is 5.82 Å². The number of carbonyl (C=O) groups is 4. The first-order chi connectivity index (χ1) is 23.3. The number of aromatic amines is 1. The summed E-state index contributed by atoms with van der Waals surface area (Å²) >= 11 is 0. The van der Waals surface area contributed by atoms with E-state index < -0.39 is 12.2 Å². The third-order valence-corrected chi connectivity index (χ3v) is 8.57. The second kappa shape index (κ2) is 14.3. The van der Waals surface area contributed by atoms with Gasteiger partial charge in [-0.1, -0.05) is 60.7 Å². The highest BCUT2D eigenvalue weighted by Crippen LogP contribution is 2.30. The van der Waals surface area contributed by atoms with Gasteiger partial charge in [-0.2, -0.15) is 5.10 Å². The molecule has 4 amide bonds. The van der Waals surface area contributed by atoms with Gasteiger partial charge in [-0.05, 0) is 47.4 Å². The number of nitrogens with one attached hydrogen (secondary N) is 2. The van der Waals surface area contributed by atoms with E-state index in [1.807, 2.05) is 36.4 Å². The molecule has 48 heavy (non-hydrogen) atoms. The van der Waals surface area contributed by atoms with Crippen molar-refractivity contribution in [2.75, 3.05) is 25.0 Å². The third kappa shape index (κ3) is 7.13. The molecule has 2 atom stereocenters. The zero-order valence-electron chi connectivity index (χ0n) is 26.4. The molecule has 2 fully saturated rings. The van der Waals surface area contributed by atoms with Crippen LogP contribution in [-0.4, -0.2) is 90.6 Å². The zero-order chi connectivity index (χ0) is 33.6. The number of rotatable bonds is 11. The maximum Gasteiger partial charge on any atom is 0.256 e. The Morgan fingerprint density at radius 3 is 2.48 bits per heavy atom. The molecule has 1 aromatic heterocycles. The number of aryl methyl sites for hydroxylation is 1. The van der Waals surface area contributed by atoms with Gasteiger partial charge in [-0.3, -0.25) is 24.3 Å². The number of aromatic hydroxyl groups is 1. The minimum atomic E-state index is -0.900. The van der Waals surface area contributed by atoms with Gasteiger partial charge in [0.2, 0.25) is 17.7 Å². The second-order valence-corrected chi connectivity index (χ2v) is 11.9. The molecule has 6 rings (SSSR count). The molecule has 3 N–H and O–H groups in total. The number of nitrogens with zero attached hydrogens (tertiary/aromatic N) is 5. The molecule has 1 unspecified atom stereocenters. The summed E-state index contributed by atoms with van der Waals surface area (Å²) in [5.41, 5.74) is 2.89. The molecule has 3 aromatic carbocycles. The number of benzene rings is 3.